The van der Waals surface area contributed by atoms with Gasteiger partial charge in [0, 0.05) is 0 Å². The lowest BCUT2D eigenvalue weighted by atomic mass is 9.83. The van der Waals surface area contributed by atoms with Crippen LogP contribution in [-0.4, -0.2) is 20.9 Å². The van der Waals surface area contributed by atoms with Gasteiger partial charge in [0.2, 0.25) is 0 Å². The van der Waals surface area contributed by atoms with Gasteiger partial charge in [-0.2, -0.15) is 0 Å². The molecule has 0 amide bonds. The largest absolute Gasteiger partial charge is 0.316 e. The summed E-state index contributed by atoms with van der Waals surface area (Å²) in [6, 6.07) is 0. The first-order valence-corrected chi connectivity index (χ1v) is 6.08. The highest BCUT2D eigenvalue weighted by Gasteiger charge is 2.20. The minimum atomic E-state index is 0.793. The number of nitrogens with one attached hydrogen (secondary N) is 1. The third-order valence-corrected chi connectivity index (χ3v) is 3.59. The van der Waals surface area contributed by atoms with Gasteiger partial charge in [-0.15, -0.1) is 0 Å². The number of hydrogen-bond donors (Lipinski definition) is 1. The number of hydrogen-bond acceptors (Lipinski definition) is 1. The molecule has 0 bridgehead atoms. The second-order valence-electron chi connectivity index (χ2n) is 4.86. The Bertz CT molecular complexity index is 287. The van der Waals surface area contributed by atoms with E-state index in [1.54, 1.807) is 11.1 Å². The van der Waals surface area contributed by atoms with Gasteiger partial charge in [-0.3, -0.25) is 0 Å². The van der Waals surface area contributed by atoms with Crippen LogP contribution in [0, 0.1) is 5.92 Å². The minimum Gasteiger partial charge on any atom is -0.316 e. The third kappa shape index (κ3) is 2.75. The van der Waals surface area contributed by atoms with Crippen molar-refractivity contribution >= 4 is 7.85 Å². The summed E-state index contributed by atoms with van der Waals surface area (Å²) >= 11 is 0. The average Bonchev–Trinajstić information content (AvgIpc) is 2.14. The number of allylic oxidation sites excluding steroid dienone is 4. The molecule has 0 saturated carbocycles. The van der Waals surface area contributed by atoms with Crippen molar-refractivity contribution in [3.63, 3.8) is 0 Å². The number of rotatable bonds is 4. The summed E-state index contributed by atoms with van der Waals surface area (Å²) in [5.41, 5.74) is 4.74. The van der Waals surface area contributed by atoms with E-state index in [1.165, 1.54) is 37.9 Å². The molecular weight excluding hydrogens is 181 g/mol. The van der Waals surface area contributed by atoms with Gasteiger partial charge in [-0.1, -0.05) is 29.1 Å². The van der Waals surface area contributed by atoms with Gasteiger partial charge in [0.15, 0.2) is 0 Å². The molecule has 2 heteroatoms. The standard InChI is InChI=1S/C13H20BN/c1-10-6-11(4-5-14)2-3-13(10)7-12-8-15-9-12/h6,12,15H,2-5,7-9H2,1H3. The van der Waals surface area contributed by atoms with Crippen LogP contribution >= 0.6 is 0 Å². The van der Waals surface area contributed by atoms with Crippen LogP contribution in [-0.2, 0) is 0 Å². The maximum absolute atomic E-state index is 5.59. The second-order valence-corrected chi connectivity index (χ2v) is 4.86. The molecule has 1 saturated heterocycles. The highest BCUT2D eigenvalue weighted by atomic mass is 14.9. The maximum atomic E-state index is 5.59. The van der Waals surface area contributed by atoms with E-state index in [-0.39, 0.29) is 0 Å². The predicted molar refractivity (Wildman–Crippen MR) is 66.2 cm³/mol. The van der Waals surface area contributed by atoms with Crippen molar-refractivity contribution in [1.82, 2.24) is 5.32 Å². The fourth-order valence-corrected chi connectivity index (χ4v) is 2.48. The highest BCUT2D eigenvalue weighted by Crippen LogP contribution is 2.30. The molecule has 1 fully saturated rings. The Labute approximate surface area is 94.4 Å². The molecule has 2 aliphatic rings. The molecule has 0 atom stereocenters. The van der Waals surface area contributed by atoms with Crippen molar-refractivity contribution in [2.75, 3.05) is 13.1 Å². The van der Waals surface area contributed by atoms with Crippen LogP contribution in [0.2, 0.25) is 6.32 Å². The normalized spacial score (nSPS) is 22.6. The Morgan fingerprint density at radius 3 is 2.73 bits per heavy atom. The summed E-state index contributed by atoms with van der Waals surface area (Å²) in [7, 11) is 5.59. The molecule has 2 rings (SSSR count). The summed E-state index contributed by atoms with van der Waals surface area (Å²) in [5.74, 6) is 0.902. The molecule has 15 heavy (non-hydrogen) atoms. The van der Waals surface area contributed by atoms with Crippen LogP contribution in [0.5, 0.6) is 0 Å². The first kappa shape index (κ1) is 11.0. The lowest BCUT2D eigenvalue weighted by molar-refractivity contribution is 0.342. The average molecular weight is 201 g/mol. The van der Waals surface area contributed by atoms with Crippen molar-refractivity contribution in [3.8, 4) is 0 Å². The van der Waals surface area contributed by atoms with Crippen LogP contribution in [0.3, 0.4) is 0 Å². The van der Waals surface area contributed by atoms with Crippen molar-refractivity contribution in [2.24, 2.45) is 5.92 Å². The quantitative estimate of drug-likeness (QED) is 0.689. The highest BCUT2D eigenvalue weighted by molar-refractivity contribution is 6.08. The Morgan fingerprint density at radius 2 is 2.20 bits per heavy atom. The summed E-state index contributed by atoms with van der Waals surface area (Å²) < 4.78 is 0. The van der Waals surface area contributed by atoms with E-state index in [2.05, 4.69) is 18.3 Å². The summed E-state index contributed by atoms with van der Waals surface area (Å²) in [5, 5.41) is 3.34. The first-order chi connectivity index (χ1) is 7.29. The molecule has 0 aromatic heterocycles. The smallest absolute Gasteiger partial charge is 0.0657 e. The molecule has 1 N–H and O–H groups in total. The van der Waals surface area contributed by atoms with E-state index in [9.17, 15) is 0 Å². The summed E-state index contributed by atoms with van der Waals surface area (Å²) in [6.45, 7) is 4.70. The van der Waals surface area contributed by atoms with Crippen LogP contribution in [0.25, 0.3) is 0 Å². The van der Waals surface area contributed by atoms with Crippen LogP contribution < -0.4 is 5.32 Å². The van der Waals surface area contributed by atoms with Crippen molar-refractivity contribution in [3.05, 3.63) is 22.8 Å². The molecule has 80 valence electrons. The van der Waals surface area contributed by atoms with E-state index in [0.29, 0.717) is 0 Å². The summed E-state index contributed by atoms with van der Waals surface area (Å²) in [4.78, 5) is 0. The molecule has 0 unspecified atom stereocenters. The van der Waals surface area contributed by atoms with Gasteiger partial charge in [0.25, 0.3) is 0 Å². The van der Waals surface area contributed by atoms with Gasteiger partial charge in [0.1, 0.15) is 0 Å². The Balaban J connectivity index is 1.95. The van der Waals surface area contributed by atoms with Gasteiger partial charge in [0.05, 0.1) is 7.85 Å². The predicted octanol–water partition coefficient (Wildman–Crippen LogP) is 2.61. The molecule has 0 aromatic carbocycles. The maximum Gasteiger partial charge on any atom is 0.0657 e. The molecule has 1 heterocycles. The molecule has 0 aromatic rings. The lowest BCUT2D eigenvalue weighted by Crippen LogP contribution is -2.42. The van der Waals surface area contributed by atoms with Crippen LogP contribution in [0.15, 0.2) is 22.8 Å². The zero-order chi connectivity index (χ0) is 10.7. The van der Waals surface area contributed by atoms with E-state index in [1.807, 2.05) is 0 Å². The lowest BCUT2D eigenvalue weighted by Gasteiger charge is -2.30. The molecule has 1 nitrogen and oxygen atoms in total. The van der Waals surface area contributed by atoms with Gasteiger partial charge < -0.3 is 5.32 Å². The van der Waals surface area contributed by atoms with Crippen LogP contribution in [0.1, 0.15) is 32.6 Å². The Morgan fingerprint density at radius 1 is 1.40 bits per heavy atom. The molecule has 0 spiro atoms. The zero-order valence-electron chi connectivity index (χ0n) is 9.68. The van der Waals surface area contributed by atoms with Gasteiger partial charge >= 0.3 is 0 Å². The molecule has 1 aliphatic carbocycles. The minimum absolute atomic E-state index is 0.793. The first-order valence-electron chi connectivity index (χ1n) is 6.08. The molecular formula is C13H20BN. The van der Waals surface area contributed by atoms with E-state index < -0.39 is 0 Å². The topological polar surface area (TPSA) is 12.0 Å². The van der Waals surface area contributed by atoms with Crippen molar-refractivity contribution < 1.29 is 0 Å². The second kappa shape index (κ2) is 5.02. The SMILES string of the molecule is [B]CCC1=CC(C)=C(CC2CNC2)CC1. The van der Waals surface area contributed by atoms with E-state index in [4.69, 9.17) is 7.85 Å². The molecule has 1 aliphatic heterocycles. The van der Waals surface area contributed by atoms with E-state index >= 15 is 0 Å². The van der Waals surface area contributed by atoms with Crippen molar-refractivity contribution in [1.29, 1.82) is 0 Å². The monoisotopic (exact) mass is 201 g/mol. The van der Waals surface area contributed by atoms with Crippen molar-refractivity contribution in [2.45, 2.75) is 38.9 Å². The fraction of sp³-hybridized carbons (Fsp3) is 0.692. The Hall–Kier alpha value is -0.495. The van der Waals surface area contributed by atoms with E-state index in [0.717, 1.165) is 18.7 Å². The fourth-order valence-electron chi connectivity index (χ4n) is 2.48. The summed E-state index contributed by atoms with van der Waals surface area (Å²) in [6.07, 6.45) is 8.07. The Kier molecular flexibility index (Phi) is 3.68. The van der Waals surface area contributed by atoms with Crippen LogP contribution in [0.4, 0.5) is 0 Å². The third-order valence-electron chi connectivity index (χ3n) is 3.59. The van der Waals surface area contributed by atoms with Gasteiger partial charge in [-0.05, 0) is 51.6 Å². The molecule has 2 radical (unpaired) electrons. The zero-order valence-corrected chi connectivity index (χ0v) is 9.68. The van der Waals surface area contributed by atoms with Gasteiger partial charge in [-0.25, -0.2) is 0 Å².